The van der Waals surface area contributed by atoms with E-state index in [0.717, 1.165) is 0 Å². The molecule has 0 fully saturated rings. The Morgan fingerprint density at radius 1 is 1.08 bits per heavy atom. The zero-order valence-corrected chi connectivity index (χ0v) is 12.7. The lowest BCUT2D eigenvalue weighted by molar-refractivity contribution is -0.115. The van der Waals surface area contributed by atoms with Gasteiger partial charge in [-0.15, -0.1) is 0 Å². The second kappa shape index (κ2) is 6.11. The van der Waals surface area contributed by atoms with E-state index in [1.807, 2.05) is 0 Å². The third kappa shape index (κ3) is 2.96. The van der Waals surface area contributed by atoms with Gasteiger partial charge < -0.3 is 23.7 Å². The molecule has 2 aromatic heterocycles. The summed E-state index contributed by atoms with van der Waals surface area (Å²) in [6.45, 7) is 1.03. The number of furan rings is 1. The molecule has 122 valence electrons. The number of rotatable bonds is 4. The molecule has 1 N–H and O–H groups in total. The number of carbonyl (C=O) groups is 1. The van der Waals surface area contributed by atoms with Crippen LogP contribution in [0.3, 0.4) is 0 Å². The lowest BCUT2D eigenvalue weighted by Crippen LogP contribution is -2.17. The first-order valence-electron chi connectivity index (χ1n) is 7.47. The normalized spacial score (nSPS) is 12.8. The molecule has 7 heteroatoms. The fourth-order valence-electron chi connectivity index (χ4n) is 2.42. The van der Waals surface area contributed by atoms with Crippen molar-refractivity contribution in [1.82, 2.24) is 5.16 Å². The van der Waals surface area contributed by atoms with Gasteiger partial charge in [0.1, 0.15) is 13.2 Å². The van der Waals surface area contributed by atoms with Crippen molar-refractivity contribution < 1.29 is 23.2 Å². The summed E-state index contributed by atoms with van der Waals surface area (Å²) in [5.74, 6) is 2.16. The summed E-state index contributed by atoms with van der Waals surface area (Å²) < 4.78 is 21.3. The summed E-state index contributed by atoms with van der Waals surface area (Å²) in [4.78, 5) is 12.2. The smallest absolute Gasteiger partial charge is 0.230 e. The molecule has 0 unspecified atom stereocenters. The SMILES string of the molecule is O=C(Cc1cc(-c2ccco2)on1)Nc1ccc2c(c1)OCCO2. The quantitative estimate of drug-likeness (QED) is 0.793. The molecule has 0 saturated heterocycles. The number of hydrogen-bond donors (Lipinski definition) is 1. The number of carbonyl (C=O) groups excluding carboxylic acids is 1. The van der Waals surface area contributed by atoms with Crippen molar-refractivity contribution in [3.63, 3.8) is 0 Å². The molecule has 0 radical (unpaired) electrons. The number of aromatic nitrogens is 1. The first-order valence-corrected chi connectivity index (χ1v) is 7.47. The number of amides is 1. The van der Waals surface area contributed by atoms with Crippen LogP contribution in [-0.2, 0) is 11.2 Å². The molecular weight excluding hydrogens is 312 g/mol. The lowest BCUT2D eigenvalue weighted by atomic mass is 10.2. The first-order chi connectivity index (χ1) is 11.8. The van der Waals surface area contributed by atoms with E-state index < -0.39 is 0 Å². The van der Waals surface area contributed by atoms with E-state index in [2.05, 4.69) is 10.5 Å². The van der Waals surface area contributed by atoms with Crippen LogP contribution in [0.15, 0.2) is 51.6 Å². The van der Waals surface area contributed by atoms with E-state index >= 15 is 0 Å². The number of nitrogens with one attached hydrogen (secondary N) is 1. The van der Waals surface area contributed by atoms with Crippen LogP contribution in [0.25, 0.3) is 11.5 Å². The fraction of sp³-hybridized carbons (Fsp3) is 0.176. The zero-order chi connectivity index (χ0) is 16.4. The summed E-state index contributed by atoms with van der Waals surface area (Å²) in [5.41, 5.74) is 1.16. The molecule has 1 amide bonds. The van der Waals surface area contributed by atoms with Crippen molar-refractivity contribution in [1.29, 1.82) is 0 Å². The summed E-state index contributed by atoms with van der Waals surface area (Å²) in [7, 11) is 0. The van der Waals surface area contributed by atoms with Crippen molar-refractivity contribution in [3.05, 3.63) is 48.4 Å². The van der Waals surface area contributed by atoms with Crippen molar-refractivity contribution in [2.45, 2.75) is 6.42 Å². The summed E-state index contributed by atoms with van der Waals surface area (Å²) in [6.07, 6.45) is 1.64. The Morgan fingerprint density at radius 2 is 1.96 bits per heavy atom. The highest BCUT2D eigenvalue weighted by Gasteiger charge is 2.15. The average molecular weight is 326 g/mol. The number of ether oxygens (including phenoxy) is 2. The average Bonchev–Trinajstić information content (AvgIpc) is 3.26. The Hall–Kier alpha value is -3.22. The van der Waals surface area contributed by atoms with Gasteiger partial charge in [0.25, 0.3) is 0 Å². The topological polar surface area (TPSA) is 86.7 Å². The second-order valence-corrected chi connectivity index (χ2v) is 5.24. The zero-order valence-electron chi connectivity index (χ0n) is 12.7. The van der Waals surface area contributed by atoms with Crippen LogP contribution in [0.2, 0.25) is 0 Å². The van der Waals surface area contributed by atoms with E-state index in [1.165, 1.54) is 0 Å². The summed E-state index contributed by atoms with van der Waals surface area (Å²) >= 11 is 0. The Bertz CT molecular complexity index is 854. The number of hydrogen-bond acceptors (Lipinski definition) is 6. The fourth-order valence-corrected chi connectivity index (χ4v) is 2.42. The molecule has 0 atom stereocenters. The minimum atomic E-state index is -0.203. The van der Waals surface area contributed by atoms with Gasteiger partial charge in [-0.25, -0.2) is 0 Å². The minimum absolute atomic E-state index is 0.0959. The van der Waals surface area contributed by atoms with Crippen molar-refractivity contribution >= 4 is 11.6 Å². The molecule has 24 heavy (non-hydrogen) atoms. The van der Waals surface area contributed by atoms with Crippen LogP contribution < -0.4 is 14.8 Å². The van der Waals surface area contributed by atoms with E-state index in [9.17, 15) is 4.79 Å². The molecular formula is C17H14N2O5. The van der Waals surface area contributed by atoms with Gasteiger partial charge in [0.15, 0.2) is 17.3 Å². The Balaban J connectivity index is 1.42. The van der Waals surface area contributed by atoms with Gasteiger partial charge in [-0.05, 0) is 24.3 Å². The second-order valence-electron chi connectivity index (χ2n) is 5.24. The van der Waals surface area contributed by atoms with Crippen LogP contribution in [0.1, 0.15) is 5.69 Å². The molecule has 0 bridgehead atoms. The maximum absolute atomic E-state index is 12.2. The molecule has 3 aromatic rings. The highest BCUT2D eigenvalue weighted by molar-refractivity contribution is 5.92. The third-order valence-electron chi connectivity index (χ3n) is 3.49. The third-order valence-corrected chi connectivity index (χ3v) is 3.49. The Kier molecular flexibility index (Phi) is 3.66. The molecule has 7 nitrogen and oxygen atoms in total. The van der Waals surface area contributed by atoms with Crippen molar-refractivity contribution in [2.24, 2.45) is 0 Å². The van der Waals surface area contributed by atoms with Gasteiger partial charge in [0.05, 0.1) is 18.4 Å². The number of nitrogens with zero attached hydrogens (tertiary/aromatic N) is 1. The van der Waals surface area contributed by atoms with Gasteiger partial charge >= 0.3 is 0 Å². The van der Waals surface area contributed by atoms with Crippen LogP contribution in [-0.4, -0.2) is 24.3 Å². The van der Waals surface area contributed by atoms with Gasteiger partial charge in [-0.3, -0.25) is 4.79 Å². The largest absolute Gasteiger partial charge is 0.486 e. The molecule has 0 spiro atoms. The Labute approximate surface area is 137 Å². The standard InChI is InChI=1S/C17H14N2O5/c20-17(10-12-9-16(24-19-12)13-2-1-5-21-13)18-11-3-4-14-15(8-11)23-7-6-22-14/h1-5,8-9H,6-7,10H2,(H,18,20). The van der Waals surface area contributed by atoms with E-state index in [0.29, 0.717) is 47.6 Å². The number of fused-ring (bicyclic) bond motifs is 1. The molecule has 0 aliphatic carbocycles. The van der Waals surface area contributed by atoms with Crippen molar-refractivity contribution in [2.75, 3.05) is 18.5 Å². The maximum atomic E-state index is 12.2. The van der Waals surface area contributed by atoms with Crippen LogP contribution in [0.5, 0.6) is 11.5 Å². The first kappa shape index (κ1) is 14.4. The van der Waals surface area contributed by atoms with Gasteiger partial charge in [0.2, 0.25) is 11.7 Å². The molecule has 0 saturated carbocycles. The van der Waals surface area contributed by atoms with E-state index in [1.54, 1.807) is 42.7 Å². The minimum Gasteiger partial charge on any atom is -0.486 e. The summed E-state index contributed by atoms with van der Waals surface area (Å²) in [5, 5.41) is 6.69. The molecule has 1 aliphatic rings. The Morgan fingerprint density at radius 3 is 2.79 bits per heavy atom. The predicted octanol–water partition coefficient (Wildman–Crippen LogP) is 2.89. The number of benzene rings is 1. The van der Waals surface area contributed by atoms with Crippen molar-refractivity contribution in [3.8, 4) is 23.0 Å². The lowest BCUT2D eigenvalue weighted by Gasteiger charge is -2.18. The molecule has 1 aromatic carbocycles. The predicted molar refractivity (Wildman–Crippen MR) is 84.0 cm³/mol. The summed E-state index contributed by atoms with van der Waals surface area (Å²) in [6, 6.07) is 10.5. The van der Waals surface area contributed by atoms with Gasteiger partial charge in [0, 0.05) is 17.8 Å². The van der Waals surface area contributed by atoms with Gasteiger partial charge in [-0.1, -0.05) is 5.16 Å². The van der Waals surface area contributed by atoms with E-state index in [4.69, 9.17) is 18.4 Å². The van der Waals surface area contributed by atoms with Gasteiger partial charge in [-0.2, -0.15) is 0 Å². The highest BCUT2D eigenvalue weighted by atomic mass is 16.6. The van der Waals surface area contributed by atoms with Crippen LogP contribution in [0.4, 0.5) is 5.69 Å². The van der Waals surface area contributed by atoms with Crippen LogP contribution in [0, 0.1) is 0 Å². The molecule has 3 heterocycles. The monoisotopic (exact) mass is 326 g/mol. The maximum Gasteiger partial charge on any atom is 0.230 e. The highest BCUT2D eigenvalue weighted by Crippen LogP contribution is 2.32. The van der Waals surface area contributed by atoms with Crippen LogP contribution >= 0.6 is 0 Å². The van der Waals surface area contributed by atoms with E-state index in [-0.39, 0.29) is 12.3 Å². The molecule has 1 aliphatic heterocycles. The number of anilines is 1. The molecule has 4 rings (SSSR count).